The van der Waals surface area contributed by atoms with E-state index < -0.39 is 0 Å². The summed E-state index contributed by atoms with van der Waals surface area (Å²) in [6.07, 6.45) is 6.76. The molecule has 1 saturated carbocycles. The molecule has 1 aliphatic carbocycles. The van der Waals surface area contributed by atoms with Crippen LogP contribution in [0.3, 0.4) is 0 Å². The quantitative estimate of drug-likeness (QED) is 0.561. The zero-order valence-electron chi connectivity index (χ0n) is 12.2. The Hall–Kier alpha value is -0.570. The smallest absolute Gasteiger partial charge is 0.308 e. The molecule has 0 amide bonds. The zero-order chi connectivity index (χ0) is 13.4. The van der Waals surface area contributed by atoms with E-state index >= 15 is 0 Å². The summed E-state index contributed by atoms with van der Waals surface area (Å²) in [6.45, 7) is 8.04. The number of hydrogen-bond acceptors (Lipinski definition) is 3. The van der Waals surface area contributed by atoms with Crippen LogP contribution in [-0.2, 0) is 9.53 Å². The molecule has 0 bridgehead atoms. The summed E-state index contributed by atoms with van der Waals surface area (Å²) in [6, 6.07) is 0.614. The molecule has 0 atom stereocenters. The molecule has 0 aliphatic heterocycles. The first-order chi connectivity index (χ1) is 8.63. The van der Waals surface area contributed by atoms with Crippen LogP contribution in [0, 0.1) is 11.8 Å². The van der Waals surface area contributed by atoms with Gasteiger partial charge in [0.25, 0.3) is 0 Å². The van der Waals surface area contributed by atoms with E-state index in [1.54, 1.807) is 0 Å². The largest absolute Gasteiger partial charge is 0.466 e. The molecule has 3 nitrogen and oxygen atoms in total. The maximum absolute atomic E-state index is 11.6. The second kappa shape index (κ2) is 8.52. The molecule has 18 heavy (non-hydrogen) atoms. The van der Waals surface area contributed by atoms with Crippen LogP contribution in [0.5, 0.6) is 0 Å². The summed E-state index contributed by atoms with van der Waals surface area (Å²) in [5.74, 6) is 0.959. The van der Waals surface area contributed by atoms with Gasteiger partial charge >= 0.3 is 5.97 Å². The van der Waals surface area contributed by atoms with Crippen molar-refractivity contribution in [2.75, 3.05) is 13.2 Å². The van der Waals surface area contributed by atoms with Crippen molar-refractivity contribution >= 4 is 5.97 Å². The van der Waals surface area contributed by atoms with Gasteiger partial charge < -0.3 is 10.1 Å². The highest BCUT2D eigenvalue weighted by molar-refractivity contribution is 5.72. The molecule has 0 aromatic carbocycles. The van der Waals surface area contributed by atoms with Gasteiger partial charge in [-0.2, -0.15) is 0 Å². The Labute approximate surface area is 112 Å². The summed E-state index contributed by atoms with van der Waals surface area (Å²) < 4.78 is 5.08. The van der Waals surface area contributed by atoms with Crippen molar-refractivity contribution in [3.63, 3.8) is 0 Å². The minimum absolute atomic E-state index is 0.00996. The molecular weight excluding hydrogens is 226 g/mol. The van der Waals surface area contributed by atoms with Crippen LogP contribution in [0.2, 0.25) is 0 Å². The number of hydrogen-bond donors (Lipinski definition) is 1. The number of nitrogens with one attached hydrogen (secondary N) is 1. The van der Waals surface area contributed by atoms with Crippen molar-refractivity contribution in [2.24, 2.45) is 11.8 Å². The average molecular weight is 255 g/mol. The van der Waals surface area contributed by atoms with Gasteiger partial charge in [-0.1, -0.05) is 13.8 Å². The molecule has 0 aromatic heterocycles. The molecule has 0 heterocycles. The Morgan fingerprint density at radius 1 is 1.28 bits per heavy atom. The van der Waals surface area contributed by atoms with Gasteiger partial charge in [-0.3, -0.25) is 4.79 Å². The summed E-state index contributed by atoms with van der Waals surface area (Å²) in [7, 11) is 0. The summed E-state index contributed by atoms with van der Waals surface area (Å²) >= 11 is 0. The Kier molecular flexibility index (Phi) is 7.33. The number of ether oxygens (including phenoxy) is 1. The van der Waals surface area contributed by atoms with E-state index in [2.05, 4.69) is 19.2 Å². The molecule has 1 aliphatic rings. The molecule has 0 radical (unpaired) electrons. The average Bonchev–Trinajstić information content (AvgIpc) is 2.35. The van der Waals surface area contributed by atoms with E-state index in [0.717, 1.165) is 38.1 Å². The molecule has 0 unspecified atom stereocenters. The molecule has 1 N–H and O–H groups in total. The topological polar surface area (TPSA) is 38.3 Å². The van der Waals surface area contributed by atoms with Gasteiger partial charge in [0.15, 0.2) is 0 Å². The predicted molar refractivity (Wildman–Crippen MR) is 74.5 cm³/mol. The van der Waals surface area contributed by atoms with Crippen molar-refractivity contribution < 1.29 is 9.53 Å². The SMILES string of the molecule is CCOC(=O)C1CCC(NCCCC(C)C)CC1. The molecule has 1 rings (SSSR count). The normalized spacial score (nSPS) is 24.2. The lowest BCUT2D eigenvalue weighted by atomic mass is 9.86. The predicted octanol–water partition coefficient (Wildman–Crippen LogP) is 3.13. The van der Waals surface area contributed by atoms with Gasteiger partial charge in [-0.25, -0.2) is 0 Å². The van der Waals surface area contributed by atoms with Crippen LogP contribution in [0.4, 0.5) is 0 Å². The van der Waals surface area contributed by atoms with Gasteiger partial charge in [0, 0.05) is 6.04 Å². The number of rotatable bonds is 7. The zero-order valence-corrected chi connectivity index (χ0v) is 12.2. The Balaban J connectivity index is 2.10. The second-order valence-corrected chi connectivity index (χ2v) is 5.79. The number of carbonyl (C=O) groups excluding carboxylic acids is 1. The van der Waals surface area contributed by atoms with Crippen LogP contribution >= 0.6 is 0 Å². The molecule has 0 saturated heterocycles. The minimum atomic E-state index is 0.00996. The Morgan fingerprint density at radius 2 is 1.94 bits per heavy atom. The summed E-state index contributed by atoms with van der Waals surface area (Å²) in [4.78, 5) is 11.6. The van der Waals surface area contributed by atoms with Gasteiger partial charge in [0.1, 0.15) is 0 Å². The van der Waals surface area contributed by atoms with Gasteiger partial charge in [-0.05, 0) is 57.9 Å². The summed E-state index contributed by atoms with van der Waals surface area (Å²) in [5, 5.41) is 3.62. The highest BCUT2D eigenvalue weighted by Crippen LogP contribution is 2.25. The third kappa shape index (κ3) is 5.85. The van der Waals surface area contributed by atoms with E-state index in [1.807, 2.05) is 6.92 Å². The lowest BCUT2D eigenvalue weighted by Gasteiger charge is -2.28. The lowest BCUT2D eigenvalue weighted by molar-refractivity contribution is -0.149. The van der Waals surface area contributed by atoms with Crippen LogP contribution in [0.25, 0.3) is 0 Å². The highest BCUT2D eigenvalue weighted by Gasteiger charge is 2.26. The fourth-order valence-corrected chi connectivity index (χ4v) is 2.61. The maximum Gasteiger partial charge on any atom is 0.308 e. The van der Waals surface area contributed by atoms with E-state index in [-0.39, 0.29) is 11.9 Å². The van der Waals surface area contributed by atoms with E-state index in [0.29, 0.717) is 12.6 Å². The highest BCUT2D eigenvalue weighted by atomic mass is 16.5. The van der Waals surface area contributed by atoms with E-state index in [1.165, 1.54) is 12.8 Å². The van der Waals surface area contributed by atoms with Crippen LogP contribution < -0.4 is 5.32 Å². The Bertz CT molecular complexity index is 233. The number of esters is 1. The molecule has 0 aromatic rings. The van der Waals surface area contributed by atoms with Gasteiger partial charge in [0.2, 0.25) is 0 Å². The van der Waals surface area contributed by atoms with Crippen molar-refractivity contribution in [2.45, 2.75) is 65.3 Å². The van der Waals surface area contributed by atoms with E-state index in [9.17, 15) is 4.79 Å². The maximum atomic E-state index is 11.6. The van der Waals surface area contributed by atoms with Crippen molar-refractivity contribution in [3.8, 4) is 0 Å². The van der Waals surface area contributed by atoms with Crippen LogP contribution in [0.15, 0.2) is 0 Å². The van der Waals surface area contributed by atoms with E-state index in [4.69, 9.17) is 4.74 Å². The Morgan fingerprint density at radius 3 is 2.50 bits per heavy atom. The fraction of sp³-hybridized carbons (Fsp3) is 0.933. The molecule has 1 fully saturated rings. The first-order valence-corrected chi connectivity index (χ1v) is 7.53. The lowest BCUT2D eigenvalue weighted by Crippen LogP contribution is -2.36. The molecule has 0 spiro atoms. The first kappa shape index (κ1) is 15.5. The fourth-order valence-electron chi connectivity index (χ4n) is 2.61. The minimum Gasteiger partial charge on any atom is -0.466 e. The van der Waals surface area contributed by atoms with Gasteiger partial charge in [-0.15, -0.1) is 0 Å². The third-order valence-electron chi connectivity index (χ3n) is 3.74. The number of carbonyl (C=O) groups is 1. The van der Waals surface area contributed by atoms with Crippen molar-refractivity contribution in [1.29, 1.82) is 0 Å². The monoisotopic (exact) mass is 255 g/mol. The molecular formula is C15H29NO2. The van der Waals surface area contributed by atoms with Crippen molar-refractivity contribution in [3.05, 3.63) is 0 Å². The van der Waals surface area contributed by atoms with Gasteiger partial charge in [0.05, 0.1) is 12.5 Å². The first-order valence-electron chi connectivity index (χ1n) is 7.53. The molecule has 3 heteroatoms. The van der Waals surface area contributed by atoms with Crippen LogP contribution in [-0.4, -0.2) is 25.2 Å². The summed E-state index contributed by atoms with van der Waals surface area (Å²) in [5.41, 5.74) is 0. The van der Waals surface area contributed by atoms with Crippen LogP contribution in [0.1, 0.15) is 59.3 Å². The van der Waals surface area contributed by atoms with Crippen molar-refractivity contribution in [1.82, 2.24) is 5.32 Å². The third-order valence-corrected chi connectivity index (χ3v) is 3.74. The second-order valence-electron chi connectivity index (χ2n) is 5.79. The molecule has 106 valence electrons. The standard InChI is InChI=1S/C15H29NO2/c1-4-18-15(17)13-7-9-14(10-8-13)16-11-5-6-12(2)3/h12-14,16H,4-11H2,1-3H3.